The molecule has 0 bridgehead atoms. The van der Waals surface area contributed by atoms with Crippen LogP contribution < -0.4 is 0 Å². The van der Waals surface area contributed by atoms with Crippen LogP contribution in [-0.2, 0) is 6.54 Å². The van der Waals surface area contributed by atoms with Gasteiger partial charge in [0.25, 0.3) is 0 Å². The molecule has 0 amide bonds. The van der Waals surface area contributed by atoms with Crippen LogP contribution in [0.15, 0.2) is 24.5 Å². The zero-order valence-electron chi connectivity index (χ0n) is 5.46. The molecule has 0 aromatic carbocycles. The van der Waals surface area contributed by atoms with Crippen molar-refractivity contribution in [3.63, 3.8) is 0 Å². The van der Waals surface area contributed by atoms with E-state index in [4.69, 9.17) is 0 Å². The SMILES string of the molecule is CC#CCn1cccc1. The van der Waals surface area contributed by atoms with Gasteiger partial charge in [0.1, 0.15) is 0 Å². The van der Waals surface area contributed by atoms with Gasteiger partial charge in [0.2, 0.25) is 0 Å². The summed E-state index contributed by atoms with van der Waals surface area (Å²) in [6.45, 7) is 2.66. The molecule has 0 atom stereocenters. The molecule has 46 valence electrons. The van der Waals surface area contributed by atoms with Gasteiger partial charge >= 0.3 is 0 Å². The fraction of sp³-hybridized carbons (Fsp3) is 0.250. The highest BCUT2D eigenvalue weighted by Crippen LogP contribution is 1.86. The maximum Gasteiger partial charge on any atom is 0.0831 e. The Morgan fingerprint density at radius 3 is 2.56 bits per heavy atom. The van der Waals surface area contributed by atoms with Crippen molar-refractivity contribution in [3.05, 3.63) is 24.5 Å². The Bertz CT molecular complexity index is 210. The van der Waals surface area contributed by atoms with Gasteiger partial charge in [-0.15, -0.1) is 5.92 Å². The number of aromatic nitrogens is 1. The standard InChI is InChI=1S/C8H9N/c1-2-3-6-9-7-4-5-8-9/h4-5,7-8H,6H2,1H3. The van der Waals surface area contributed by atoms with E-state index in [9.17, 15) is 0 Å². The first-order chi connectivity index (χ1) is 4.43. The van der Waals surface area contributed by atoms with Crippen molar-refractivity contribution in [2.24, 2.45) is 0 Å². The first-order valence-corrected chi connectivity index (χ1v) is 2.94. The smallest absolute Gasteiger partial charge is 0.0831 e. The Morgan fingerprint density at radius 2 is 2.00 bits per heavy atom. The summed E-state index contributed by atoms with van der Waals surface area (Å²) in [6, 6.07) is 3.99. The lowest BCUT2D eigenvalue weighted by Gasteiger charge is -1.90. The highest BCUT2D eigenvalue weighted by molar-refractivity contribution is 4.99. The molecule has 1 nitrogen and oxygen atoms in total. The predicted molar refractivity (Wildman–Crippen MR) is 37.9 cm³/mol. The molecule has 0 aliphatic heterocycles. The van der Waals surface area contributed by atoms with Gasteiger partial charge in [-0.1, -0.05) is 5.92 Å². The second-order valence-corrected chi connectivity index (χ2v) is 1.78. The van der Waals surface area contributed by atoms with Gasteiger partial charge < -0.3 is 4.57 Å². The first kappa shape index (κ1) is 5.97. The number of rotatable bonds is 1. The number of nitrogens with zero attached hydrogens (tertiary/aromatic N) is 1. The second kappa shape index (κ2) is 2.99. The van der Waals surface area contributed by atoms with Crippen molar-refractivity contribution in [2.45, 2.75) is 13.5 Å². The Balaban J connectivity index is 2.54. The molecule has 9 heavy (non-hydrogen) atoms. The third-order valence-electron chi connectivity index (χ3n) is 1.10. The minimum atomic E-state index is 0.809. The van der Waals surface area contributed by atoms with Crippen LogP contribution in [0.1, 0.15) is 6.92 Å². The van der Waals surface area contributed by atoms with Crippen LogP contribution in [0.5, 0.6) is 0 Å². The maximum absolute atomic E-state index is 2.96. The van der Waals surface area contributed by atoms with Crippen molar-refractivity contribution in [1.29, 1.82) is 0 Å². The summed E-state index contributed by atoms with van der Waals surface area (Å²) >= 11 is 0. The molecule has 1 heteroatoms. The Labute approximate surface area is 55.3 Å². The van der Waals surface area contributed by atoms with Crippen molar-refractivity contribution in [1.82, 2.24) is 4.57 Å². The summed E-state index contributed by atoms with van der Waals surface area (Å²) in [5.74, 6) is 5.80. The van der Waals surface area contributed by atoms with Gasteiger partial charge in [0.15, 0.2) is 0 Å². The largest absolute Gasteiger partial charge is 0.343 e. The molecule has 0 aliphatic rings. The van der Waals surface area contributed by atoms with E-state index < -0.39 is 0 Å². The van der Waals surface area contributed by atoms with Crippen molar-refractivity contribution < 1.29 is 0 Å². The minimum absolute atomic E-state index is 0.809. The van der Waals surface area contributed by atoms with Crippen LogP contribution in [0.4, 0.5) is 0 Å². The summed E-state index contributed by atoms with van der Waals surface area (Å²) in [7, 11) is 0. The van der Waals surface area contributed by atoms with Crippen LogP contribution in [-0.4, -0.2) is 4.57 Å². The predicted octanol–water partition coefficient (Wildman–Crippen LogP) is 1.51. The summed E-state index contributed by atoms with van der Waals surface area (Å²) in [5.41, 5.74) is 0. The lowest BCUT2D eigenvalue weighted by Crippen LogP contribution is -1.88. The quantitative estimate of drug-likeness (QED) is 0.494. The zero-order valence-corrected chi connectivity index (χ0v) is 5.46. The third kappa shape index (κ3) is 1.65. The maximum atomic E-state index is 2.96. The van der Waals surface area contributed by atoms with Crippen molar-refractivity contribution in [3.8, 4) is 11.8 Å². The average molecular weight is 119 g/mol. The number of hydrogen-bond acceptors (Lipinski definition) is 0. The van der Waals surface area contributed by atoms with Crippen LogP contribution in [0.3, 0.4) is 0 Å². The van der Waals surface area contributed by atoms with Gasteiger partial charge in [-0.25, -0.2) is 0 Å². The van der Waals surface area contributed by atoms with Crippen molar-refractivity contribution >= 4 is 0 Å². The summed E-state index contributed by atoms with van der Waals surface area (Å²) in [5, 5.41) is 0. The van der Waals surface area contributed by atoms with Crippen LogP contribution in [0.2, 0.25) is 0 Å². The fourth-order valence-corrected chi connectivity index (χ4v) is 0.646. The van der Waals surface area contributed by atoms with Gasteiger partial charge in [-0.2, -0.15) is 0 Å². The molecular weight excluding hydrogens is 110 g/mol. The molecule has 0 radical (unpaired) electrons. The van der Waals surface area contributed by atoms with E-state index in [1.165, 1.54) is 0 Å². The zero-order chi connectivity index (χ0) is 6.53. The minimum Gasteiger partial charge on any atom is -0.343 e. The van der Waals surface area contributed by atoms with E-state index in [0.717, 1.165) is 6.54 Å². The van der Waals surface area contributed by atoms with Crippen molar-refractivity contribution in [2.75, 3.05) is 0 Å². The van der Waals surface area contributed by atoms with Gasteiger partial charge in [-0.3, -0.25) is 0 Å². The van der Waals surface area contributed by atoms with Gasteiger partial charge in [0, 0.05) is 12.4 Å². The van der Waals surface area contributed by atoms with E-state index in [2.05, 4.69) is 11.8 Å². The highest BCUT2D eigenvalue weighted by Gasteiger charge is 1.79. The third-order valence-corrected chi connectivity index (χ3v) is 1.10. The van der Waals surface area contributed by atoms with E-state index in [1.807, 2.05) is 36.0 Å². The van der Waals surface area contributed by atoms with E-state index in [-0.39, 0.29) is 0 Å². The molecule has 0 saturated heterocycles. The van der Waals surface area contributed by atoms with Crippen LogP contribution in [0, 0.1) is 11.8 Å². The molecule has 1 heterocycles. The molecule has 0 fully saturated rings. The summed E-state index contributed by atoms with van der Waals surface area (Å²) in [4.78, 5) is 0. The summed E-state index contributed by atoms with van der Waals surface area (Å²) < 4.78 is 2.04. The van der Waals surface area contributed by atoms with E-state index in [1.54, 1.807) is 0 Å². The lowest BCUT2D eigenvalue weighted by atomic mass is 10.6. The molecule has 0 aliphatic carbocycles. The average Bonchev–Trinajstić information content (AvgIpc) is 2.34. The van der Waals surface area contributed by atoms with E-state index >= 15 is 0 Å². The van der Waals surface area contributed by atoms with E-state index in [0.29, 0.717) is 0 Å². The fourth-order valence-electron chi connectivity index (χ4n) is 0.646. The van der Waals surface area contributed by atoms with Gasteiger partial charge in [0.05, 0.1) is 6.54 Å². The summed E-state index contributed by atoms with van der Waals surface area (Å²) in [6.07, 6.45) is 4.01. The molecule has 0 spiro atoms. The Hall–Kier alpha value is -1.16. The second-order valence-electron chi connectivity index (χ2n) is 1.78. The van der Waals surface area contributed by atoms with Crippen LogP contribution >= 0.6 is 0 Å². The molecule has 1 aromatic rings. The Morgan fingerprint density at radius 1 is 1.33 bits per heavy atom. The molecule has 0 unspecified atom stereocenters. The van der Waals surface area contributed by atoms with Crippen LogP contribution in [0.25, 0.3) is 0 Å². The Kier molecular flexibility index (Phi) is 1.98. The topological polar surface area (TPSA) is 4.93 Å². The van der Waals surface area contributed by atoms with Gasteiger partial charge in [-0.05, 0) is 19.1 Å². The molecule has 0 saturated carbocycles. The number of hydrogen-bond donors (Lipinski definition) is 0. The molecule has 0 N–H and O–H groups in total. The lowest BCUT2D eigenvalue weighted by molar-refractivity contribution is 0.850. The monoisotopic (exact) mass is 119 g/mol. The highest BCUT2D eigenvalue weighted by atomic mass is 14.9. The normalized spacial score (nSPS) is 8.11. The molecule has 1 rings (SSSR count). The molecular formula is C8H9N. The first-order valence-electron chi connectivity index (χ1n) is 2.94. The molecule has 1 aromatic heterocycles.